The van der Waals surface area contributed by atoms with Gasteiger partial charge in [-0.2, -0.15) is 0 Å². The van der Waals surface area contributed by atoms with Crippen molar-refractivity contribution in [2.24, 2.45) is 0 Å². The molecule has 0 bridgehead atoms. The lowest BCUT2D eigenvalue weighted by molar-refractivity contribution is 0.0950. The van der Waals surface area contributed by atoms with Crippen molar-refractivity contribution in [3.05, 3.63) is 71.7 Å². The Morgan fingerprint density at radius 3 is 3.00 bits per heavy atom. The monoisotopic (exact) mass is 275 g/mol. The van der Waals surface area contributed by atoms with Gasteiger partial charge in [0.05, 0.1) is 5.56 Å². The van der Waals surface area contributed by atoms with E-state index in [1.807, 2.05) is 35.0 Å². The van der Waals surface area contributed by atoms with Gasteiger partial charge in [-0.05, 0) is 29.8 Å². The first-order valence-corrected chi connectivity index (χ1v) is 6.53. The van der Waals surface area contributed by atoms with Gasteiger partial charge in [-0.15, -0.1) is 6.42 Å². The summed E-state index contributed by atoms with van der Waals surface area (Å²) in [5.41, 5.74) is 2.95. The number of hydrogen-bond donors (Lipinski definition) is 1. The van der Waals surface area contributed by atoms with Gasteiger partial charge in [-0.25, -0.2) is 4.98 Å². The highest BCUT2D eigenvalue weighted by Crippen LogP contribution is 2.09. The zero-order valence-electron chi connectivity index (χ0n) is 11.3. The van der Waals surface area contributed by atoms with Crippen LogP contribution in [0.2, 0.25) is 0 Å². The number of carbonyl (C=O) groups excluding carboxylic acids is 1. The van der Waals surface area contributed by atoms with E-state index in [0.29, 0.717) is 17.7 Å². The van der Waals surface area contributed by atoms with Crippen LogP contribution >= 0.6 is 0 Å². The van der Waals surface area contributed by atoms with Crippen LogP contribution in [0.3, 0.4) is 0 Å². The van der Waals surface area contributed by atoms with E-state index in [9.17, 15) is 4.79 Å². The molecule has 21 heavy (non-hydrogen) atoms. The van der Waals surface area contributed by atoms with Crippen molar-refractivity contribution in [1.29, 1.82) is 0 Å². The molecule has 4 heteroatoms. The maximum Gasteiger partial charge on any atom is 0.252 e. The Hall–Kier alpha value is -3.06. The second-order valence-corrected chi connectivity index (χ2v) is 4.60. The fourth-order valence-electron chi connectivity index (χ4n) is 2.15. The van der Waals surface area contributed by atoms with Crippen LogP contribution < -0.4 is 5.32 Å². The smallest absolute Gasteiger partial charge is 0.252 e. The predicted molar refractivity (Wildman–Crippen MR) is 80.7 cm³/mol. The molecule has 3 rings (SSSR count). The van der Waals surface area contributed by atoms with Crippen LogP contribution in [0.4, 0.5) is 0 Å². The van der Waals surface area contributed by atoms with Crippen LogP contribution in [0.25, 0.3) is 5.65 Å². The summed E-state index contributed by atoms with van der Waals surface area (Å²) >= 11 is 0. The molecule has 0 saturated carbocycles. The maximum atomic E-state index is 12.2. The van der Waals surface area contributed by atoms with E-state index in [0.717, 1.165) is 11.2 Å². The summed E-state index contributed by atoms with van der Waals surface area (Å²) in [7, 11) is 0. The van der Waals surface area contributed by atoms with Crippen LogP contribution in [0.1, 0.15) is 21.5 Å². The number of hydrogen-bond acceptors (Lipinski definition) is 2. The molecule has 102 valence electrons. The van der Waals surface area contributed by atoms with Gasteiger partial charge in [-0.1, -0.05) is 18.1 Å². The first-order chi connectivity index (χ1) is 10.3. The Labute approximate surface area is 122 Å². The third-order valence-corrected chi connectivity index (χ3v) is 3.24. The number of imidazole rings is 1. The van der Waals surface area contributed by atoms with E-state index in [1.165, 1.54) is 0 Å². The average Bonchev–Trinajstić information content (AvgIpc) is 3.00. The molecule has 2 heterocycles. The van der Waals surface area contributed by atoms with Crippen molar-refractivity contribution in [1.82, 2.24) is 14.7 Å². The number of benzene rings is 1. The molecule has 2 aromatic heterocycles. The molecular formula is C17H13N3O. The molecule has 0 unspecified atom stereocenters. The average molecular weight is 275 g/mol. The number of nitrogens with one attached hydrogen (secondary N) is 1. The Morgan fingerprint density at radius 1 is 1.29 bits per heavy atom. The van der Waals surface area contributed by atoms with Crippen molar-refractivity contribution in [3.8, 4) is 12.3 Å². The summed E-state index contributed by atoms with van der Waals surface area (Å²) in [6, 6.07) is 11.0. The van der Waals surface area contributed by atoms with Gasteiger partial charge in [0.2, 0.25) is 0 Å². The Kier molecular flexibility index (Phi) is 3.40. The van der Waals surface area contributed by atoms with Crippen LogP contribution in [-0.2, 0) is 6.54 Å². The van der Waals surface area contributed by atoms with E-state index in [4.69, 9.17) is 6.42 Å². The summed E-state index contributed by atoms with van der Waals surface area (Å²) in [5.74, 6) is 2.35. The zero-order chi connectivity index (χ0) is 14.7. The van der Waals surface area contributed by atoms with Crippen molar-refractivity contribution in [3.63, 3.8) is 0 Å². The molecule has 3 aromatic rings. The van der Waals surface area contributed by atoms with E-state index in [-0.39, 0.29) is 5.91 Å². The Balaban J connectivity index is 1.75. The summed E-state index contributed by atoms with van der Waals surface area (Å²) < 4.78 is 1.92. The maximum absolute atomic E-state index is 12.2. The number of amides is 1. The van der Waals surface area contributed by atoms with Crippen LogP contribution in [0, 0.1) is 12.3 Å². The fourth-order valence-corrected chi connectivity index (χ4v) is 2.15. The molecule has 0 aliphatic carbocycles. The summed E-state index contributed by atoms with van der Waals surface area (Å²) in [6.07, 6.45) is 10.9. The van der Waals surface area contributed by atoms with Gasteiger partial charge >= 0.3 is 0 Å². The second-order valence-electron chi connectivity index (χ2n) is 4.60. The van der Waals surface area contributed by atoms with Gasteiger partial charge in [0.15, 0.2) is 0 Å². The molecule has 1 amide bonds. The lowest BCUT2D eigenvalue weighted by Crippen LogP contribution is -2.23. The first-order valence-electron chi connectivity index (χ1n) is 6.53. The van der Waals surface area contributed by atoms with Crippen LogP contribution in [-0.4, -0.2) is 15.3 Å². The molecule has 0 radical (unpaired) electrons. The molecule has 0 fully saturated rings. The molecule has 1 aromatic carbocycles. The minimum Gasteiger partial charge on any atom is -0.348 e. The highest BCUT2D eigenvalue weighted by molar-refractivity contribution is 5.96. The normalized spacial score (nSPS) is 10.2. The zero-order valence-corrected chi connectivity index (χ0v) is 11.3. The summed E-state index contributed by atoms with van der Waals surface area (Å²) in [6.45, 7) is 0.432. The van der Waals surface area contributed by atoms with Crippen LogP contribution in [0.5, 0.6) is 0 Å². The molecule has 0 atom stereocenters. The SMILES string of the molecule is C#Cc1ccccc1C(=O)NCc1ccn2ccnc2c1. The lowest BCUT2D eigenvalue weighted by atomic mass is 10.1. The number of pyridine rings is 1. The van der Waals surface area contributed by atoms with E-state index >= 15 is 0 Å². The minimum absolute atomic E-state index is 0.174. The number of aromatic nitrogens is 2. The van der Waals surface area contributed by atoms with Gasteiger partial charge in [-0.3, -0.25) is 4.79 Å². The van der Waals surface area contributed by atoms with Gasteiger partial charge < -0.3 is 9.72 Å². The largest absolute Gasteiger partial charge is 0.348 e. The number of fused-ring (bicyclic) bond motifs is 1. The third kappa shape index (κ3) is 2.63. The van der Waals surface area contributed by atoms with Gasteiger partial charge in [0.1, 0.15) is 5.65 Å². The number of carbonyl (C=O) groups is 1. The fraction of sp³-hybridized carbons (Fsp3) is 0.0588. The number of rotatable bonds is 3. The van der Waals surface area contributed by atoms with Crippen LogP contribution in [0.15, 0.2) is 55.0 Å². The van der Waals surface area contributed by atoms with Crippen molar-refractivity contribution in [2.45, 2.75) is 6.54 Å². The van der Waals surface area contributed by atoms with Crippen molar-refractivity contribution < 1.29 is 4.79 Å². The van der Waals surface area contributed by atoms with E-state index < -0.39 is 0 Å². The lowest BCUT2D eigenvalue weighted by Gasteiger charge is -2.07. The van der Waals surface area contributed by atoms with Crippen molar-refractivity contribution >= 4 is 11.6 Å². The van der Waals surface area contributed by atoms with E-state index in [2.05, 4.69) is 16.2 Å². The number of nitrogens with zero attached hydrogens (tertiary/aromatic N) is 2. The standard InChI is InChI=1S/C17H13N3O/c1-2-14-5-3-4-6-15(14)17(21)19-12-13-7-9-20-10-8-18-16(20)11-13/h1,3-11H,12H2,(H,19,21). The molecule has 0 spiro atoms. The Morgan fingerprint density at radius 2 is 2.14 bits per heavy atom. The highest BCUT2D eigenvalue weighted by Gasteiger charge is 2.09. The first kappa shape index (κ1) is 12.9. The molecule has 4 nitrogen and oxygen atoms in total. The minimum atomic E-state index is -0.174. The Bertz CT molecular complexity index is 842. The van der Waals surface area contributed by atoms with E-state index in [1.54, 1.807) is 24.4 Å². The molecule has 0 aliphatic rings. The quantitative estimate of drug-likeness (QED) is 0.745. The second kappa shape index (κ2) is 5.51. The molecule has 1 N–H and O–H groups in total. The topological polar surface area (TPSA) is 46.4 Å². The molecule has 0 saturated heterocycles. The summed E-state index contributed by atoms with van der Waals surface area (Å²) in [5, 5.41) is 2.88. The highest BCUT2D eigenvalue weighted by atomic mass is 16.1. The van der Waals surface area contributed by atoms with Gasteiger partial charge in [0.25, 0.3) is 5.91 Å². The molecule has 0 aliphatic heterocycles. The number of terminal acetylenes is 1. The molecular weight excluding hydrogens is 262 g/mol. The summed E-state index contributed by atoms with van der Waals surface area (Å²) in [4.78, 5) is 16.4. The van der Waals surface area contributed by atoms with Crippen molar-refractivity contribution in [2.75, 3.05) is 0 Å². The predicted octanol–water partition coefficient (Wildman–Crippen LogP) is 2.25. The van der Waals surface area contributed by atoms with Gasteiger partial charge in [0, 0.05) is 30.7 Å². The third-order valence-electron chi connectivity index (χ3n) is 3.24.